The third-order valence-corrected chi connectivity index (χ3v) is 4.58. The molecule has 3 rings (SSSR count). The predicted octanol–water partition coefficient (Wildman–Crippen LogP) is 0.772. The summed E-state index contributed by atoms with van der Waals surface area (Å²) in [5.74, 6) is 6.90. The van der Waals surface area contributed by atoms with Crippen LogP contribution in [0.3, 0.4) is 0 Å². The molecule has 0 radical (unpaired) electrons. The molecule has 110 valence electrons. The summed E-state index contributed by atoms with van der Waals surface area (Å²) in [5.41, 5.74) is 8.20. The van der Waals surface area contributed by atoms with Crippen molar-refractivity contribution in [2.75, 3.05) is 23.5 Å². The van der Waals surface area contributed by atoms with Gasteiger partial charge in [-0.05, 0) is 32.7 Å². The van der Waals surface area contributed by atoms with Crippen LogP contribution in [0.4, 0.5) is 17.6 Å². The number of hydrogen-bond donors (Lipinski definition) is 4. The standard InChI is InChI=1S/C13H23N7/c1-20-9-3-2-4-10(20)6-8(5-9)16-11-7-12(19-15)18-13(14)17-11/h7-10H,2-6,15H2,1H3,(H4,14,16,17,18,19). The van der Waals surface area contributed by atoms with Gasteiger partial charge in [0.1, 0.15) is 11.6 Å². The Balaban J connectivity index is 1.70. The van der Waals surface area contributed by atoms with E-state index in [-0.39, 0.29) is 5.95 Å². The highest BCUT2D eigenvalue weighted by Crippen LogP contribution is 2.33. The number of nitrogen functional groups attached to an aromatic ring is 2. The molecule has 0 aromatic carbocycles. The van der Waals surface area contributed by atoms with E-state index in [1.165, 1.54) is 19.3 Å². The van der Waals surface area contributed by atoms with Gasteiger partial charge in [-0.1, -0.05) is 6.42 Å². The van der Waals surface area contributed by atoms with Gasteiger partial charge < -0.3 is 21.4 Å². The van der Waals surface area contributed by atoms with Crippen molar-refractivity contribution in [1.82, 2.24) is 14.9 Å². The number of piperidine rings is 2. The normalized spacial score (nSPS) is 30.0. The van der Waals surface area contributed by atoms with Crippen molar-refractivity contribution in [3.63, 3.8) is 0 Å². The number of hydrogen-bond acceptors (Lipinski definition) is 7. The molecule has 1 aromatic rings. The fourth-order valence-electron chi connectivity index (χ4n) is 3.56. The predicted molar refractivity (Wildman–Crippen MR) is 80.1 cm³/mol. The van der Waals surface area contributed by atoms with Crippen LogP contribution in [0.15, 0.2) is 6.07 Å². The third kappa shape index (κ3) is 2.64. The zero-order chi connectivity index (χ0) is 14.1. The van der Waals surface area contributed by atoms with E-state index in [0.29, 0.717) is 23.9 Å². The van der Waals surface area contributed by atoms with Gasteiger partial charge in [0.2, 0.25) is 5.95 Å². The molecule has 20 heavy (non-hydrogen) atoms. The molecule has 0 amide bonds. The topological polar surface area (TPSA) is 105 Å². The van der Waals surface area contributed by atoms with Crippen LogP contribution in [-0.2, 0) is 0 Å². The summed E-state index contributed by atoms with van der Waals surface area (Å²) in [6.07, 6.45) is 6.26. The van der Waals surface area contributed by atoms with E-state index >= 15 is 0 Å². The molecule has 2 bridgehead atoms. The van der Waals surface area contributed by atoms with E-state index in [0.717, 1.165) is 18.7 Å². The quantitative estimate of drug-likeness (QED) is 0.478. The van der Waals surface area contributed by atoms with Crippen LogP contribution in [0.2, 0.25) is 0 Å². The molecule has 7 nitrogen and oxygen atoms in total. The van der Waals surface area contributed by atoms with Crippen LogP contribution in [0, 0.1) is 0 Å². The SMILES string of the molecule is CN1C2CCCC1CC(Nc1cc(NN)nc(N)n1)C2. The van der Waals surface area contributed by atoms with Crippen molar-refractivity contribution in [3.05, 3.63) is 6.07 Å². The minimum atomic E-state index is 0.232. The van der Waals surface area contributed by atoms with E-state index < -0.39 is 0 Å². The van der Waals surface area contributed by atoms with Gasteiger partial charge in [-0.2, -0.15) is 9.97 Å². The molecular weight excluding hydrogens is 254 g/mol. The molecule has 2 fully saturated rings. The molecule has 0 aliphatic carbocycles. The second kappa shape index (κ2) is 5.41. The molecule has 2 unspecified atom stereocenters. The van der Waals surface area contributed by atoms with Gasteiger partial charge in [0.25, 0.3) is 0 Å². The van der Waals surface area contributed by atoms with Gasteiger partial charge in [-0.3, -0.25) is 0 Å². The number of anilines is 3. The molecule has 2 saturated heterocycles. The number of aromatic nitrogens is 2. The molecule has 3 heterocycles. The first kappa shape index (κ1) is 13.4. The minimum absolute atomic E-state index is 0.232. The summed E-state index contributed by atoms with van der Waals surface area (Å²) in [6.45, 7) is 0. The first-order chi connectivity index (χ1) is 9.65. The van der Waals surface area contributed by atoms with Crippen molar-refractivity contribution in [2.24, 2.45) is 5.84 Å². The highest BCUT2D eigenvalue weighted by atomic mass is 15.3. The lowest BCUT2D eigenvalue weighted by Crippen LogP contribution is -2.52. The Kier molecular flexibility index (Phi) is 3.62. The molecule has 0 spiro atoms. The van der Waals surface area contributed by atoms with E-state index in [4.69, 9.17) is 11.6 Å². The zero-order valence-corrected chi connectivity index (χ0v) is 11.8. The first-order valence-electron chi connectivity index (χ1n) is 7.25. The highest BCUT2D eigenvalue weighted by Gasteiger charge is 2.35. The Labute approximate surface area is 119 Å². The zero-order valence-electron chi connectivity index (χ0n) is 11.8. The number of nitrogens with one attached hydrogen (secondary N) is 2. The molecule has 2 aliphatic heterocycles. The van der Waals surface area contributed by atoms with E-state index in [2.05, 4.69) is 32.7 Å². The van der Waals surface area contributed by atoms with Gasteiger partial charge in [-0.15, -0.1) is 0 Å². The van der Waals surface area contributed by atoms with Crippen molar-refractivity contribution < 1.29 is 0 Å². The van der Waals surface area contributed by atoms with Crippen LogP contribution < -0.4 is 22.3 Å². The van der Waals surface area contributed by atoms with Crippen molar-refractivity contribution in [3.8, 4) is 0 Å². The summed E-state index contributed by atoms with van der Waals surface area (Å²) in [4.78, 5) is 10.8. The minimum Gasteiger partial charge on any atom is -0.368 e. The maximum atomic E-state index is 5.69. The Bertz CT molecular complexity index is 464. The van der Waals surface area contributed by atoms with Gasteiger partial charge >= 0.3 is 0 Å². The third-order valence-electron chi connectivity index (χ3n) is 4.58. The van der Waals surface area contributed by atoms with Crippen molar-refractivity contribution in [1.29, 1.82) is 0 Å². The number of fused-ring (bicyclic) bond motifs is 2. The number of rotatable bonds is 3. The molecule has 7 heteroatoms. The second-order valence-corrected chi connectivity index (χ2v) is 5.86. The van der Waals surface area contributed by atoms with Gasteiger partial charge in [-0.25, -0.2) is 5.84 Å². The molecule has 6 N–H and O–H groups in total. The fourth-order valence-corrected chi connectivity index (χ4v) is 3.56. The van der Waals surface area contributed by atoms with Gasteiger partial charge in [0.05, 0.1) is 0 Å². The number of nitrogens with zero attached hydrogens (tertiary/aromatic N) is 3. The first-order valence-corrected chi connectivity index (χ1v) is 7.25. The summed E-state index contributed by atoms with van der Waals surface area (Å²) in [5, 5.41) is 3.49. The van der Waals surface area contributed by atoms with Gasteiger partial charge in [0, 0.05) is 24.2 Å². The van der Waals surface area contributed by atoms with Crippen LogP contribution in [0.5, 0.6) is 0 Å². The van der Waals surface area contributed by atoms with Gasteiger partial charge in [0.15, 0.2) is 0 Å². The molecule has 0 saturated carbocycles. The molecule has 2 atom stereocenters. The summed E-state index contributed by atoms with van der Waals surface area (Å²) in [7, 11) is 2.25. The lowest BCUT2D eigenvalue weighted by molar-refractivity contribution is 0.0608. The van der Waals surface area contributed by atoms with E-state index in [1.807, 2.05) is 0 Å². The fraction of sp³-hybridized carbons (Fsp3) is 0.692. The van der Waals surface area contributed by atoms with E-state index in [1.54, 1.807) is 6.07 Å². The molecular formula is C13H23N7. The molecule has 2 aliphatic rings. The second-order valence-electron chi connectivity index (χ2n) is 5.86. The van der Waals surface area contributed by atoms with Crippen molar-refractivity contribution >= 4 is 17.6 Å². The Hall–Kier alpha value is -1.60. The maximum Gasteiger partial charge on any atom is 0.223 e. The smallest absolute Gasteiger partial charge is 0.223 e. The van der Waals surface area contributed by atoms with Crippen LogP contribution in [0.25, 0.3) is 0 Å². The largest absolute Gasteiger partial charge is 0.368 e. The average molecular weight is 277 g/mol. The summed E-state index contributed by atoms with van der Waals surface area (Å²) < 4.78 is 0. The average Bonchev–Trinajstić information content (AvgIpc) is 2.39. The number of hydrazine groups is 1. The van der Waals surface area contributed by atoms with E-state index in [9.17, 15) is 0 Å². The highest BCUT2D eigenvalue weighted by molar-refractivity contribution is 5.50. The lowest BCUT2D eigenvalue weighted by atomic mass is 9.82. The van der Waals surface area contributed by atoms with Crippen LogP contribution in [0.1, 0.15) is 32.1 Å². The summed E-state index contributed by atoms with van der Waals surface area (Å²) >= 11 is 0. The maximum absolute atomic E-state index is 5.69. The Morgan fingerprint density at radius 1 is 1.20 bits per heavy atom. The Morgan fingerprint density at radius 2 is 1.85 bits per heavy atom. The van der Waals surface area contributed by atoms with Crippen LogP contribution >= 0.6 is 0 Å². The number of nitrogens with two attached hydrogens (primary N) is 2. The summed E-state index contributed by atoms with van der Waals surface area (Å²) in [6, 6.07) is 3.61. The van der Waals surface area contributed by atoms with Crippen LogP contribution in [-0.4, -0.2) is 40.0 Å². The lowest BCUT2D eigenvalue weighted by Gasteiger charge is -2.47. The Morgan fingerprint density at radius 3 is 2.50 bits per heavy atom. The van der Waals surface area contributed by atoms with Crippen molar-refractivity contribution in [2.45, 2.75) is 50.2 Å². The molecule has 1 aromatic heterocycles. The monoisotopic (exact) mass is 277 g/mol.